The van der Waals surface area contributed by atoms with Crippen molar-refractivity contribution in [1.29, 1.82) is 0 Å². The minimum Gasteiger partial charge on any atom is -0.489 e. The monoisotopic (exact) mass is 370 g/mol. The molecular weight excluding hydrogens is 352 g/mol. The zero-order valence-corrected chi connectivity index (χ0v) is 14.7. The molecule has 0 radical (unpaired) electrons. The lowest BCUT2D eigenvalue weighted by Gasteiger charge is -2.16. The number of nitrogens with one attached hydrogen (secondary N) is 1. The average molecular weight is 371 g/mol. The van der Waals surface area contributed by atoms with Gasteiger partial charge in [0, 0.05) is 20.5 Å². The summed E-state index contributed by atoms with van der Waals surface area (Å²) in [4.78, 5) is 36.4. The van der Waals surface area contributed by atoms with Gasteiger partial charge in [0.15, 0.2) is 18.1 Å². The Kier molecular flexibility index (Phi) is 6.46. The van der Waals surface area contributed by atoms with Gasteiger partial charge in [-0.2, -0.15) is 0 Å². The first-order chi connectivity index (χ1) is 11.9. The van der Waals surface area contributed by atoms with Gasteiger partial charge in [0.05, 0.1) is 30.3 Å². The summed E-state index contributed by atoms with van der Waals surface area (Å²) in [6, 6.07) is 2.86. The molecule has 25 heavy (non-hydrogen) atoms. The van der Waals surface area contributed by atoms with Crippen LogP contribution >= 0.6 is 11.6 Å². The molecule has 9 heteroatoms. The van der Waals surface area contributed by atoms with Crippen molar-refractivity contribution in [3.05, 3.63) is 22.7 Å². The van der Waals surface area contributed by atoms with E-state index in [-0.39, 0.29) is 23.0 Å². The van der Waals surface area contributed by atoms with Crippen molar-refractivity contribution in [3.63, 3.8) is 0 Å². The molecule has 1 aliphatic heterocycles. The molecular formula is C16H19ClN2O6. The molecule has 136 valence electrons. The van der Waals surface area contributed by atoms with E-state index in [0.29, 0.717) is 31.1 Å². The van der Waals surface area contributed by atoms with E-state index in [1.165, 1.54) is 26.2 Å². The minimum atomic E-state index is -0.723. The highest BCUT2D eigenvalue weighted by Gasteiger charge is 2.20. The topological polar surface area (TPSA) is 94.2 Å². The van der Waals surface area contributed by atoms with Crippen molar-refractivity contribution < 1.29 is 28.6 Å². The van der Waals surface area contributed by atoms with Crippen LogP contribution in [0.3, 0.4) is 0 Å². The predicted molar refractivity (Wildman–Crippen MR) is 89.0 cm³/mol. The number of hydrogen-bond acceptors (Lipinski definition) is 6. The van der Waals surface area contributed by atoms with E-state index < -0.39 is 18.5 Å². The Morgan fingerprint density at radius 1 is 1.28 bits per heavy atom. The summed E-state index contributed by atoms with van der Waals surface area (Å²) in [5.74, 6) is -0.800. The van der Waals surface area contributed by atoms with Gasteiger partial charge in [0.1, 0.15) is 0 Å². The molecule has 0 saturated heterocycles. The van der Waals surface area contributed by atoms with Gasteiger partial charge in [0.2, 0.25) is 5.91 Å². The molecule has 0 aliphatic carbocycles. The van der Waals surface area contributed by atoms with Gasteiger partial charge in [-0.05, 0) is 12.1 Å². The second-order valence-corrected chi connectivity index (χ2v) is 5.74. The largest absolute Gasteiger partial charge is 0.489 e. The van der Waals surface area contributed by atoms with Crippen LogP contribution in [0.5, 0.6) is 11.5 Å². The van der Waals surface area contributed by atoms with Crippen molar-refractivity contribution in [1.82, 2.24) is 10.2 Å². The first-order valence-electron chi connectivity index (χ1n) is 7.63. The fourth-order valence-corrected chi connectivity index (χ4v) is 2.32. The number of amides is 2. The molecule has 2 rings (SSSR count). The van der Waals surface area contributed by atoms with E-state index in [1.54, 1.807) is 0 Å². The van der Waals surface area contributed by atoms with Crippen LogP contribution in [-0.2, 0) is 14.3 Å². The lowest BCUT2D eigenvalue weighted by atomic mass is 10.2. The van der Waals surface area contributed by atoms with Gasteiger partial charge in [-0.15, -0.1) is 0 Å². The molecule has 2 amide bonds. The summed E-state index contributed by atoms with van der Waals surface area (Å²) in [6.07, 6.45) is 0.705. The molecule has 0 fully saturated rings. The maximum absolute atomic E-state index is 12.1. The highest BCUT2D eigenvalue weighted by Crippen LogP contribution is 2.38. The summed E-state index contributed by atoms with van der Waals surface area (Å²) in [5.41, 5.74) is 0.149. The Bertz CT molecular complexity index is 679. The van der Waals surface area contributed by atoms with Gasteiger partial charge in [-0.25, -0.2) is 4.79 Å². The van der Waals surface area contributed by atoms with E-state index in [0.717, 1.165) is 4.90 Å². The molecule has 1 aromatic rings. The van der Waals surface area contributed by atoms with Crippen LogP contribution in [0, 0.1) is 0 Å². The van der Waals surface area contributed by atoms with E-state index in [1.807, 2.05) is 0 Å². The molecule has 0 bridgehead atoms. The normalized spacial score (nSPS) is 12.8. The fraction of sp³-hybridized carbons (Fsp3) is 0.438. The Morgan fingerprint density at radius 3 is 2.72 bits per heavy atom. The number of nitrogens with zero attached hydrogens (tertiary/aromatic N) is 1. The number of esters is 1. The Hall–Kier alpha value is -2.48. The minimum absolute atomic E-state index is 0.122. The molecule has 1 heterocycles. The number of rotatable bonds is 5. The predicted octanol–water partition coefficient (Wildman–Crippen LogP) is 0.863. The maximum atomic E-state index is 12.1. The fourth-order valence-electron chi connectivity index (χ4n) is 2.05. The van der Waals surface area contributed by atoms with Crippen LogP contribution in [0.1, 0.15) is 16.8 Å². The first-order valence-corrected chi connectivity index (χ1v) is 8.01. The van der Waals surface area contributed by atoms with Gasteiger partial charge in [-0.3, -0.25) is 9.59 Å². The summed E-state index contributed by atoms with van der Waals surface area (Å²) in [7, 11) is 2.91. The second-order valence-electron chi connectivity index (χ2n) is 5.33. The number of halogens is 1. The van der Waals surface area contributed by atoms with Crippen molar-refractivity contribution in [3.8, 4) is 11.5 Å². The summed E-state index contributed by atoms with van der Waals surface area (Å²) < 4.78 is 16.0. The zero-order chi connectivity index (χ0) is 18.4. The number of carbonyl (C=O) groups is 3. The first kappa shape index (κ1) is 18.9. The molecule has 1 aliphatic rings. The van der Waals surface area contributed by atoms with Crippen molar-refractivity contribution >= 4 is 29.4 Å². The van der Waals surface area contributed by atoms with Gasteiger partial charge in [0.25, 0.3) is 5.91 Å². The highest BCUT2D eigenvalue weighted by atomic mass is 35.5. The van der Waals surface area contributed by atoms with Gasteiger partial charge in [-0.1, -0.05) is 11.6 Å². The number of fused-ring (bicyclic) bond motifs is 1. The molecule has 1 aromatic carbocycles. The van der Waals surface area contributed by atoms with Crippen LogP contribution in [0.25, 0.3) is 0 Å². The number of likely N-dealkylation sites (N-methyl/N-ethyl adjacent to an activating group) is 2. The lowest BCUT2D eigenvalue weighted by Crippen LogP contribution is -2.39. The third-order valence-corrected chi connectivity index (χ3v) is 3.73. The van der Waals surface area contributed by atoms with E-state index >= 15 is 0 Å². The van der Waals surface area contributed by atoms with E-state index in [9.17, 15) is 14.4 Å². The standard InChI is InChI=1S/C16H19ClN2O6/c1-18-13(20)8-19(2)14(21)9-25-16(22)10-6-11(17)15-12(7-10)23-4-3-5-24-15/h6-7H,3-5,8-9H2,1-2H3,(H,18,20). The molecule has 0 saturated carbocycles. The molecule has 0 unspecified atom stereocenters. The summed E-state index contributed by atoms with van der Waals surface area (Å²) in [5, 5.41) is 2.63. The SMILES string of the molecule is CNC(=O)CN(C)C(=O)COC(=O)c1cc(Cl)c2c(c1)OCCCO2. The Morgan fingerprint density at radius 2 is 2.00 bits per heavy atom. The van der Waals surface area contributed by atoms with Gasteiger partial charge >= 0.3 is 5.97 Å². The van der Waals surface area contributed by atoms with Crippen LogP contribution in [0.4, 0.5) is 0 Å². The number of carbonyl (C=O) groups excluding carboxylic acids is 3. The summed E-state index contributed by atoms with van der Waals surface area (Å²) in [6.45, 7) is 0.314. The van der Waals surface area contributed by atoms with Crippen molar-refractivity contribution in [2.45, 2.75) is 6.42 Å². The van der Waals surface area contributed by atoms with Crippen LogP contribution in [-0.4, -0.2) is 63.1 Å². The van der Waals surface area contributed by atoms with E-state index in [4.69, 9.17) is 25.8 Å². The van der Waals surface area contributed by atoms with Gasteiger partial charge < -0.3 is 24.4 Å². The second kappa shape index (κ2) is 8.57. The molecule has 8 nitrogen and oxygen atoms in total. The third-order valence-electron chi connectivity index (χ3n) is 3.45. The van der Waals surface area contributed by atoms with Crippen LogP contribution in [0.2, 0.25) is 5.02 Å². The zero-order valence-electron chi connectivity index (χ0n) is 14.0. The van der Waals surface area contributed by atoms with Crippen LogP contribution in [0.15, 0.2) is 12.1 Å². The number of hydrogen-bond donors (Lipinski definition) is 1. The molecule has 0 aromatic heterocycles. The summed E-state index contributed by atoms with van der Waals surface area (Å²) >= 11 is 6.12. The Balaban J connectivity index is 1.99. The van der Waals surface area contributed by atoms with Crippen molar-refractivity contribution in [2.75, 3.05) is 40.5 Å². The highest BCUT2D eigenvalue weighted by molar-refractivity contribution is 6.32. The number of benzene rings is 1. The van der Waals surface area contributed by atoms with Crippen molar-refractivity contribution in [2.24, 2.45) is 0 Å². The van der Waals surface area contributed by atoms with E-state index in [2.05, 4.69) is 5.32 Å². The quantitative estimate of drug-likeness (QED) is 0.773. The smallest absolute Gasteiger partial charge is 0.338 e. The molecule has 0 spiro atoms. The molecule has 1 N–H and O–H groups in total. The lowest BCUT2D eigenvalue weighted by molar-refractivity contribution is -0.137. The average Bonchev–Trinajstić information content (AvgIpc) is 2.84. The Labute approximate surface area is 150 Å². The number of ether oxygens (including phenoxy) is 3. The molecule has 0 atom stereocenters. The maximum Gasteiger partial charge on any atom is 0.338 e. The van der Waals surface area contributed by atoms with Crippen LogP contribution < -0.4 is 14.8 Å². The third kappa shape index (κ3) is 4.99.